The molecule has 3 aliphatic rings. The third kappa shape index (κ3) is 5.76. The number of rotatable bonds is 8. The van der Waals surface area contributed by atoms with Crippen LogP contribution in [-0.4, -0.2) is 66.7 Å². The number of aryl methyl sites for hydroxylation is 3. The van der Waals surface area contributed by atoms with Crippen molar-refractivity contribution in [1.29, 1.82) is 0 Å². The molecule has 4 aromatic rings. The topological polar surface area (TPSA) is 92.6 Å². The molecule has 0 saturated carbocycles. The molecule has 1 aromatic heterocycles. The van der Waals surface area contributed by atoms with Crippen molar-refractivity contribution < 1.29 is 16.8 Å². The zero-order chi connectivity index (χ0) is 32.2. The summed E-state index contributed by atoms with van der Waals surface area (Å²) < 4.78 is 60.8. The van der Waals surface area contributed by atoms with E-state index < -0.39 is 20.0 Å². The molecular formula is C35H41BrN4O4S2. The van der Waals surface area contributed by atoms with Crippen molar-refractivity contribution in [2.45, 2.75) is 80.7 Å². The van der Waals surface area contributed by atoms with E-state index in [-0.39, 0.29) is 16.9 Å². The second-order valence-electron chi connectivity index (χ2n) is 13.3. The Hall–Kier alpha value is -2.57. The van der Waals surface area contributed by atoms with E-state index in [1.54, 1.807) is 42.5 Å². The fourth-order valence-electron chi connectivity index (χ4n) is 8.23. The van der Waals surface area contributed by atoms with Gasteiger partial charge in [-0.2, -0.15) is 4.31 Å². The normalized spacial score (nSPS) is 24.2. The van der Waals surface area contributed by atoms with Gasteiger partial charge in [0.2, 0.25) is 10.0 Å². The van der Waals surface area contributed by atoms with E-state index in [4.69, 9.17) is 4.98 Å². The first-order valence-corrected chi connectivity index (χ1v) is 20.0. The van der Waals surface area contributed by atoms with E-state index in [1.807, 2.05) is 42.4 Å². The highest BCUT2D eigenvalue weighted by Gasteiger charge is 2.51. The molecule has 8 nitrogen and oxygen atoms in total. The Bertz CT molecular complexity index is 1960. The number of sulfonamides is 1. The molecule has 0 N–H and O–H groups in total. The van der Waals surface area contributed by atoms with Crippen LogP contribution in [0.2, 0.25) is 0 Å². The van der Waals surface area contributed by atoms with E-state index in [0.29, 0.717) is 59.5 Å². The molecule has 3 saturated heterocycles. The van der Waals surface area contributed by atoms with Crippen molar-refractivity contribution in [3.05, 3.63) is 88.2 Å². The molecule has 3 aromatic carbocycles. The van der Waals surface area contributed by atoms with Crippen LogP contribution in [0.4, 0.5) is 0 Å². The Morgan fingerprint density at radius 2 is 1.46 bits per heavy atom. The van der Waals surface area contributed by atoms with Gasteiger partial charge < -0.3 is 0 Å². The highest BCUT2D eigenvalue weighted by molar-refractivity contribution is 9.10. The Labute approximate surface area is 281 Å². The molecule has 7 rings (SSSR count). The van der Waals surface area contributed by atoms with Gasteiger partial charge in [-0.25, -0.2) is 25.8 Å². The summed E-state index contributed by atoms with van der Waals surface area (Å²) in [6, 6.07) is 19.8. The number of hydrogen-bond acceptors (Lipinski definition) is 6. The molecule has 46 heavy (non-hydrogen) atoms. The molecule has 0 aliphatic carbocycles. The lowest BCUT2D eigenvalue weighted by Crippen LogP contribution is -2.65. The van der Waals surface area contributed by atoms with Gasteiger partial charge in [0.15, 0.2) is 0 Å². The molecular weight excluding hydrogens is 684 g/mol. The summed E-state index contributed by atoms with van der Waals surface area (Å²) in [4.78, 5) is 8.02. The molecule has 244 valence electrons. The number of hydrogen-bond donors (Lipinski definition) is 0. The van der Waals surface area contributed by atoms with Crippen LogP contribution in [0.25, 0.3) is 11.0 Å². The molecule has 4 heterocycles. The minimum absolute atomic E-state index is 0.158. The number of halogens is 1. The van der Waals surface area contributed by atoms with Gasteiger partial charge in [0.25, 0.3) is 10.0 Å². The summed E-state index contributed by atoms with van der Waals surface area (Å²) in [5, 5.41) is 0. The maximum absolute atomic E-state index is 14.3. The van der Waals surface area contributed by atoms with E-state index in [1.165, 1.54) is 3.97 Å². The predicted octanol–water partition coefficient (Wildman–Crippen LogP) is 6.54. The van der Waals surface area contributed by atoms with Gasteiger partial charge in [0.1, 0.15) is 5.82 Å². The molecule has 0 spiro atoms. The van der Waals surface area contributed by atoms with Crippen LogP contribution < -0.4 is 0 Å². The number of piperidine rings is 3. The average molecular weight is 726 g/mol. The van der Waals surface area contributed by atoms with Crippen molar-refractivity contribution in [2.24, 2.45) is 11.8 Å². The Morgan fingerprint density at radius 3 is 2.13 bits per heavy atom. The van der Waals surface area contributed by atoms with Crippen LogP contribution in [0, 0.1) is 25.7 Å². The molecule has 0 amide bonds. The van der Waals surface area contributed by atoms with E-state index in [2.05, 4.69) is 20.8 Å². The number of imidazole rings is 1. The molecule has 3 fully saturated rings. The van der Waals surface area contributed by atoms with E-state index in [0.717, 1.165) is 54.4 Å². The summed E-state index contributed by atoms with van der Waals surface area (Å²) in [7, 11) is -7.63. The number of nitrogens with zero attached hydrogens (tertiary/aromatic N) is 4. The van der Waals surface area contributed by atoms with Crippen LogP contribution in [0.1, 0.15) is 55.5 Å². The minimum Gasteiger partial charge on any atom is -0.300 e. The largest absolute Gasteiger partial charge is 0.300 e. The standard InChI is InChI=1S/C35H41BrN4O4S2/c1-24-10-15-28(16-11-24)45(41,42)39-23-26-6-4-20-38-21-5-7-30(35(26)38)32(39)8-3-9-34-37-31-22-27(36)14-19-33(31)40(34)46(43,44)29-17-12-25(2)13-18-29/h10-19,22,26,30,32,35H,3-9,20-21,23H2,1-2H3/t26-,30+,32+,35-/m0/s1. The molecule has 0 unspecified atom stereocenters. The maximum Gasteiger partial charge on any atom is 0.269 e. The van der Waals surface area contributed by atoms with Crippen LogP contribution in [0.5, 0.6) is 0 Å². The van der Waals surface area contributed by atoms with Gasteiger partial charge in [0.05, 0.1) is 20.8 Å². The van der Waals surface area contributed by atoms with E-state index >= 15 is 0 Å². The van der Waals surface area contributed by atoms with Gasteiger partial charge in [-0.1, -0.05) is 51.3 Å². The van der Waals surface area contributed by atoms with Crippen molar-refractivity contribution >= 4 is 47.0 Å². The molecule has 3 aliphatic heterocycles. The summed E-state index contributed by atoms with van der Waals surface area (Å²) in [5.74, 6) is 1.05. The first kappa shape index (κ1) is 32.0. The first-order valence-electron chi connectivity index (χ1n) is 16.4. The number of benzene rings is 3. The van der Waals surface area contributed by atoms with Crippen LogP contribution in [0.15, 0.2) is 81.0 Å². The Balaban J connectivity index is 1.23. The summed E-state index contributed by atoms with van der Waals surface area (Å²) in [5.41, 5.74) is 3.15. The highest BCUT2D eigenvalue weighted by Crippen LogP contribution is 2.45. The van der Waals surface area contributed by atoms with Crippen molar-refractivity contribution in [1.82, 2.24) is 18.2 Å². The fourth-order valence-corrected chi connectivity index (χ4v) is 11.8. The van der Waals surface area contributed by atoms with Gasteiger partial charge in [0, 0.05) is 29.5 Å². The monoisotopic (exact) mass is 724 g/mol. The second kappa shape index (κ2) is 12.5. The lowest BCUT2D eigenvalue weighted by Gasteiger charge is -2.57. The average Bonchev–Trinajstić information content (AvgIpc) is 3.40. The Kier molecular flexibility index (Phi) is 8.67. The van der Waals surface area contributed by atoms with Crippen LogP contribution in [0.3, 0.4) is 0 Å². The lowest BCUT2D eigenvalue weighted by atomic mass is 9.70. The Morgan fingerprint density at radius 1 is 0.826 bits per heavy atom. The second-order valence-corrected chi connectivity index (χ2v) is 17.9. The molecule has 0 bridgehead atoms. The number of fused-ring (bicyclic) bond motifs is 1. The van der Waals surface area contributed by atoms with Gasteiger partial charge in [-0.05, 0) is 120 Å². The minimum atomic E-state index is -3.91. The highest BCUT2D eigenvalue weighted by atomic mass is 79.9. The first-order chi connectivity index (χ1) is 22.0. The third-order valence-electron chi connectivity index (χ3n) is 10.4. The number of aromatic nitrogens is 2. The quantitative estimate of drug-likeness (QED) is 0.205. The van der Waals surface area contributed by atoms with Crippen LogP contribution in [-0.2, 0) is 26.5 Å². The smallest absolute Gasteiger partial charge is 0.269 e. The zero-order valence-electron chi connectivity index (χ0n) is 26.3. The SMILES string of the molecule is Cc1ccc(S(=O)(=O)N2C[C@@H]3CCCN4CCC[C@@H]([C@H]34)[C@H]2CCCc2nc3cc(Br)ccc3n2S(=O)(=O)c2ccc(C)cc2)cc1. The van der Waals surface area contributed by atoms with Crippen LogP contribution >= 0.6 is 15.9 Å². The van der Waals surface area contributed by atoms with Gasteiger partial charge >= 0.3 is 0 Å². The lowest BCUT2D eigenvalue weighted by molar-refractivity contribution is -0.0523. The van der Waals surface area contributed by atoms with Gasteiger partial charge in [-0.3, -0.25) is 4.90 Å². The molecule has 11 heteroatoms. The molecule has 0 radical (unpaired) electrons. The maximum atomic E-state index is 14.3. The van der Waals surface area contributed by atoms with Crippen molar-refractivity contribution in [3.63, 3.8) is 0 Å². The van der Waals surface area contributed by atoms with Crippen molar-refractivity contribution in [2.75, 3.05) is 19.6 Å². The fraction of sp³-hybridized carbons (Fsp3) is 0.457. The summed E-state index contributed by atoms with van der Waals surface area (Å²) in [6.07, 6.45) is 5.92. The van der Waals surface area contributed by atoms with Gasteiger partial charge in [-0.15, -0.1) is 0 Å². The summed E-state index contributed by atoms with van der Waals surface area (Å²) >= 11 is 3.51. The van der Waals surface area contributed by atoms with Crippen molar-refractivity contribution in [3.8, 4) is 0 Å². The molecule has 4 atom stereocenters. The zero-order valence-corrected chi connectivity index (χ0v) is 29.6. The van der Waals surface area contributed by atoms with E-state index in [9.17, 15) is 16.8 Å². The summed E-state index contributed by atoms with van der Waals surface area (Å²) in [6.45, 7) is 6.61. The predicted molar refractivity (Wildman–Crippen MR) is 184 cm³/mol. The third-order valence-corrected chi connectivity index (χ3v) is 14.5.